The van der Waals surface area contributed by atoms with Crippen LogP contribution in [0, 0.1) is 11.8 Å². The Morgan fingerprint density at radius 1 is 1.42 bits per heavy atom. The lowest BCUT2D eigenvalue weighted by Crippen LogP contribution is -1.96. The van der Waals surface area contributed by atoms with E-state index in [-0.39, 0.29) is 0 Å². The highest BCUT2D eigenvalue weighted by Crippen LogP contribution is 2.11. The summed E-state index contributed by atoms with van der Waals surface area (Å²) in [7, 11) is 0. The third-order valence-electron chi connectivity index (χ3n) is 1.24. The highest BCUT2D eigenvalue weighted by molar-refractivity contribution is 5.16. The van der Waals surface area contributed by atoms with Crippen molar-refractivity contribution in [3.8, 4) is 11.8 Å². The molecule has 0 saturated carbocycles. The summed E-state index contributed by atoms with van der Waals surface area (Å²) in [6.07, 6.45) is -0.216. The highest BCUT2D eigenvalue weighted by Gasteiger charge is 2.05. The molecule has 0 saturated heterocycles. The van der Waals surface area contributed by atoms with Gasteiger partial charge in [0.1, 0.15) is 11.9 Å². The lowest BCUT2D eigenvalue weighted by Gasteiger charge is -1.96. The van der Waals surface area contributed by atoms with E-state index < -0.39 is 12.2 Å². The molecule has 0 bridgehead atoms. The van der Waals surface area contributed by atoms with Gasteiger partial charge in [0.15, 0.2) is 6.10 Å². The van der Waals surface area contributed by atoms with Gasteiger partial charge in [-0.05, 0) is 19.1 Å². The number of rotatable bonds is 1. The Balaban J connectivity index is 2.63. The zero-order chi connectivity index (χ0) is 8.97. The van der Waals surface area contributed by atoms with Crippen LogP contribution in [0.4, 0.5) is 0 Å². The first kappa shape index (κ1) is 8.85. The van der Waals surface area contributed by atoms with E-state index in [1.54, 1.807) is 12.1 Å². The summed E-state index contributed by atoms with van der Waals surface area (Å²) >= 11 is 0. The van der Waals surface area contributed by atoms with Crippen molar-refractivity contribution in [2.24, 2.45) is 0 Å². The Labute approximate surface area is 70.6 Å². The van der Waals surface area contributed by atoms with Crippen LogP contribution in [0.25, 0.3) is 0 Å². The van der Waals surface area contributed by atoms with Crippen LogP contribution >= 0.6 is 0 Å². The summed E-state index contributed by atoms with van der Waals surface area (Å²) in [6.45, 7) is 1.53. The monoisotopic (exact) mass is 166 g/mol. The maximum absolute atomic E-state index is 9.28. The standard InChI is InChI=1S/C9H10O3/c1-7(10)4-5-8(11)9-3-2-6-12-9/h2-3,6-8,10-11H,1H3. The fourth-order valence-corrected chi connectivity index (χ4v) is 0.718. The van der Waals surface area contributed by atoms with Gasteiger partial charge in [0.05, 0.1) is 6.26 Å². The molecule has 0 aliphatic heterocycles. The Bertz CT molecular complexity index is 276. The van der Waals surface area contributed by atoms with Gasteiger partial charge in [0.25, 0.3) is 0 Å². The molecule has 12 heavy (non-hydrogen) atoms. The van der Waals surface area contributed by atoms with Crippen molar-refractivity contribution < 1.29 is 14.6 Å². The van der Waals surface area contributed by atoms with Crippen LogP contribution in [-0.2, 0) is 0 Å². The summed E-state index contributed by atoms with van der Waals surface area (Å²) in [6, 6.07) is 3.30. The molecule has 3 nitrogen and oxygen atoms in total. The van der Waals surface area contributed by atoms with E-state index in [0.29, 0.717) is 5.76 Å². The number of hydrogen-bond donors (Lipinski definition) is 2. The maximum Gasteiger partial charge on any atom is 0.172 e. The summed E-state index contributed by atoms with van der Waals surface area (Å²) in [5, 5.41) is 18.1. The first-order chi connectivity index (χ1) is 5.70. The molecule has 1 heterocycles. The van der Waals surface area contributed by atoms with Crippen molar-refractivity contribution in [1.29, 1.82) is 0 Å². The van der Waals surface area contributed by atoms with Crippen molar-refractivity contribution in [3.63, 3.8) is 0 Å². The first-order valence-corrected chi connectivity index (χ1v) is 3.60. The van der Waals surface area contributed by atoms with Gasteiger partial charge in [0, 0.05) is 0 Å². The van der Waals surface area contributed by atoms with Crippen LogP contribution in [0.1, 0.15) is 18.8 Å². The molecule has 1 aromatic rings. The van der Waals surface area contributed by atoms with E-state index in [1.807, 2.05) is 0 Å². The van der Waals surface area contributed by atoms with E-state index in [4.69, 9.17) is 9.52 Å². The lowest BCUT2D eigenvalue weighted by molar-refractivity contribution is 0.204. The normalized spacial score (nSPS) is 14.6. The van der Waals surface area contributed by atoms with Gasteiger partial charge in [-0.1, -0.05) is 11.8 Å². The molecule has 2 atom stereocenters. The molecular weight excluding hydrogens is 156 g/mol. The van der Waals surface area contributed by atoms with Crippen LogP contribution in [0.15, 0.2) is 22.8 Å². The van der Waals surface area contributed by atoms with Gasteiger partial charge in [0.2, 0.25) is 0 Å². The molecule has 1 rings (SSSR count). The summed E-state index contributed by atoms with van der Waals surface area (Å²) < 4.78 is 4.89. The maximum atomic E-state index is 9.28. The molecule has 64 valence electrons. The van der Waals surface area contributed by atoms with E-state index in [2.05, 4.69) is 11.8 Å². The van der Waals surface area contributed by atoms with E-state index >= 15 is 0 Å². The molecule has 2 N–H and O–H groups in total. The third-order valence-corrected chi connectivity index (χ3v) is 1.24. The molecule has 1 aromatic heterocycles. The molecule has 0 amide bonds. The van der Waals surface area contributed by atoms with Gasteiger partial charge in [-0.15, -0.1) is 0 Å². The molecule has 0 spiro atoms. The van der Waals surface area contributed by atoms with Gasteiger partial charge < -0.3 is 14.6 Å². The second-order valence-corrected chi connectivity index (χ2v) is 2.38. The number of furan rings is 1. The van der Waals surface area contributed by atoms with Crippen LogP contribution in [0.5, 0.6) is 0 Å². The molecule has 2 unspecified atom stereocenters. The summed E-state index contributed by atoms with van der Waals surface area (Å²) in [5.41, 5.74) is 0. The van der Waals surface area contributed by atoms with Crippen molar-refractivity contribution >= 4 is 0 Å². The Morgan fingerprint density at radius 2 is 2.17 bits per heavy atom. The van der Waals surface area contributed by atoms with Gasteiger partial charge >= 0.3 is 0 Å². The smallest absolute Gasteiger partial charge is 0.172 e. The molecule has 0 aliphatic carbocycles. The lowest BCUT2D eigenvalue weighted by atomic mass is 10.2. The largest absolute Gasteiger partial charge is 0.466 e. The fraction of sp³-hybridized carbons (Fsp3) is 0.333. The minimum atomic E-state index is -0.949. The fourth-order valence-electron chi connectivity index (χ4n) is 0.718. The second kappa shape index (κ2) is 3.96. The Morgan fingerprint density at radius 3 is 2.67 bits per heavy atom. The van der Waals surface area contributed by atoms with Crippen molar-refractivity contribution in [2.75, 3.05) is 0 Å². The van der Waals surface area contributed by atoms with E-state index in [9.17, 15) is 5.11 Å². The first-order valence-electron chi connectivity index (χ1n) is 3.60. The summed E-state index contributed by atoms with van der Waals surface area (Å²) in [4.78, 5) is 0. The van der Waals surface area contributed by atoms with Gasteiger partial charge in [-0.2, -0.15) is 0 Å². The van der Waals surface area contributed by atoms with Crippen molar-refractivity contribution in [2.45, 2.75) is 19.1 Å². The molecule has 0 radical (unpaired) electrons. The Hall–Kier alpha value is -1.24. The average Bonchev–Trinajstić information content (AvgIpc) is 2.51. The summed E-state index contributed by atoms with van der Waals surface area (Å²) in [5.74, 6) is 5.27. The molecule has 3 heteroatoms. The molecule has 0 fully saturated rings. The van der Waals surface area contributed by atoms with Crippen LogP contribution < -0.4 is 0 Å². The number of aliphatic hydroxyl groups is 2. The number of aliphatic hydroxyl groups excluding tert-OH is 2. The minimum Gasteiger partial charge on any atom is -0.466 e. The number of hydrogen-bond acceptors (Lipinski definition) is 3. The SMILES string of the molecule is CC(O)C#CC(O)c1ccco1. The topological polar surface area (TPSA) is 53.6 Å². The van der Waals surface area contributed by atoms with E-state index in [1.165, 1.54) is 13.2 Å². The average molecular weight is 166 g/mol. The zero-order valence-electron chi connectivity index (χ0n) is 6.69. The zero-order valence-corrected chi connectivity index (χ0v) is 6.69. The van der Waals surface area contributed by atoms with Crippen molar-refractivity contribution in [3.05, 3.63) is 24.2 Å². The predicted octanol–water partition coefficient (Wildman–Crippen LogP) is 0.697. The van der Waals surface area contributed by atoms with Crippen LogP contribution in [-0.4, -0.2) is 16.3 Å². The van der Waals surface area contributed by atoms with Crippen LogP contribution in [0.2, 0.25) is 0 Å². The Kier molecular flexibility index (Phi) is 2.92. The molecule has 0 aromatic carbocycles. The highest BCUT2D eigenvalue weighted by atomic mass is 16.4. The molecular formula is C9H10O3. The van der Waals surface area contributed by atoms with Crippen LogP contribution in [0.3, 0.4) is 0 Å². The predicted molar refractivity (Wildman–Crippen MR) is 43.1 cm³/mol. The molecule has 0 aliphatic rings. The third kappa shape index (κ3) is 2.42. The van der Waals surface area contributed by atoms with E-state index in [0.717, 1.165) is 0 Å². The minimum absolute atomic E-state index is 0.392. The quantitative estimate of drug-likeness (QED) is 0.604. The van der Waals surface area contributed by atoms with Crippen molar-refractivity contribution in [1.82, 2.24) is 0 Å². The van der Waals surface area contributed by atoms with Gasteiger partial charge in [-0.3, -0.25) is 0 Å². The second-order valence-electron chi connectivity index (χ2n) is 2.38. The van der Waals surface area contributed by atoms with Gasteiger partial charge in [-0.25, -0.2) is 0 Å².